The number of Topliss-reactive ketones (excluding diaryl/α,β-unsaturated/α-hetero) is 1. The molecule has 21 heavy (non-hydrogen) atoms. The van der Waals surface area contributed by atoms with Crippen LogP contribution in [0.25, 0.3) is 10.9 Å². The zero-order valence-electron chi connectivity index (χ0n) is 12.1. The largest absolute Gasteiger partial charge is 0.287 e. The van der Waals surface area contributed by atoms with E-state index in [1.165, 1.54) is 5.69 Å². The number of nitrogens with zero attached hydrogens (tertiary/aromatic N) is 1. The molecule has 2 nitrogen and oxygen atoms in total. The second-order valence-corrected chi connectivity index (χ2v) is 5.11. The van der Waals surface area contributed by atoms with Gasteiger partial charge in [-0.05, 0) is 12.1 Å². The van der Waals surface area contributed by atoms with E-state index in [4.69, 9.17) is 0 Å². The average molecular weight is 276 g/mol. The van der Waals surface area contributed by atoms with Gasteiger partial charge in [0.1, 0.15) is 0 Å². The second kappa shape index (κ2) is 5.88. The first-order valence-corrected chi connectivity index (χ1v) is 7.28. The molecule has 0 unspecified atom stereocenters. The molecule has 0 atom stereocenters. The Kier molecular flexibility index (Phi) is 3.78. The van der Waals surface area contributed by atoms with Gasteiger partial charge in [-0.3, -0.25) is 4.79 Å². The Hall–Kier alpha value is -2.48. The Morgan fingerprint density at radius 1 is 0.905 bits per heavy atom. The van der Waals surface area contributed by atoms with E-state index >= 15 is 0 Å². The Labute approximate surface area is 124 Å². The molecule has 3 aromatic rings. The van der Waals surface area contributed by atoms with Crippen LogP contribution < -0.4 is 4.57 Å². The average Bonchev–Trinajstić information content (AvgIpc) is 2.56. The summed E-state index contributed by atoms with van der Waals surface area (Å²) in [4.78, 5) is 12.5. The zero-order valence-corrected chi connectivity index (χ0v) is 12.1. The van der Waals surface area contributed by atoms with Gasteiger partial charge in [-0.15, -0.1) is 0 Å². The molecule has 2 aromatic carbocycles. The molecular weight excluding hydrogens is 258 g/mol. The van der Waals surface area contributed by atoms with Gasteiger partial charge >= 0.3 is 0 Å². The third-order valence-corrected chi connectivity index (χ3v) is 3.79. The van der Waals surface area contributed by atoms with Crippen LogP contribution >= 0.6 is 0 Å². The number of aromatic nitrogens is 1. The van der Waals surface area contributed by atoms with Crippen molar-refractivity contribution >= 4 is 16.7 Å². The van der Waals surface area contributed by atoms with Gasteiger partial charge in [-0.25, -0.2) is 0 Å². The molecule has 104 valence electrons. The van der Waals surface area contributed by atoms with Crippen molar-refractivity contribution < 1.29 is 9.36 Å². The summed E-state index contributed by atoms with van der Waals surface area (Å²) in [6.45, 7) is 2.50. The van der Waals surface area contributed by atoms with Crippen LogP contribution in [0, 0.1) is 0 Å². The maximum absolute atomic E-state index is 12.5. The van der Waals surface area contributed by atoms with Crippen molar-refractivity contribution in [1.82, 2.24) is 0 Å². The zero-order chi connectivity index (χ0) is 14.7. The highest BCUT2D eigenvalue weighted by molar-refractivity contribution is 5.95. The van der Waals surface area contributed by atoms with Crippen molar-refractivity contribution in [2.45, 2.75) is 19.9 Å². The summed E-state index contributed by atoms with van der Waals surface area (Å²) in [7, 11) is 0. The molecular formula is C19H18NO+. The molecule has 3 rings (SSSR count). The fourth-order valence-corrected chi connectivity index (χ4v) is 2.66. The minimum Gasteiger partial charge on any atom is -0.287 e. The van der Waals surface area contributed by atoms with E-state index in [0.717, 1.165) is 22.9 Å². The van der Waals surface area contributed by atoms with E-state index in [0.29, 0.717) is 6.54 Å². The van der Waals surface area contributed by atoms with Crippen molar-refractivity contribution in [3.05, 3.63) is 78.0 Å². The lowest BCUT2D eigenvalue weighted by Crippen LogP contribution is -2.42. The maximum atomic E-state index is 12.5. The van der Waals surface area contributed by atoms with E-state index in [9.17, 15) is 4.79 Å². The van der Waals surface area contributed by atoms with Crippen molar-refractivity contribution in [3.8, 4) is 0 Å². The lowest BCUT2D eigenvalue weighted by atomic mass is 10.1. The van der Waals surface area contributed by atoms with Gasteiger partial charge in [0.2, 0.25) is 17.8 Å². The Morgan fingerprint density at radius 2 is 1.62 bits per heavy atom. The molecule has 0 bridgehead atoms. The monoisotopic (exact) mass is 276 g/mol. The van der Waals surface area contributed by atoms with E-state index in [2.05, 4.69) is 35.8 Å². The van der Waals surface area contributed by atoms with Gasteiger partial charge in [-0.2, -0.15) is 4.57 Å². The smallest absolute Gasteiger partial charge is 0.227 e. The lowest BCUT2D eigenvalue weighted by molar-refractivity contribution is -0.664. The highest BCUT2D eigenvalue weighted by atomic mass is 16.1. The number of aryl methyl sites for hydroxylation is 1. The second-order valence-electron chi connectivity index (χ2n) is 5.11. The minimum absolute atomic E-state index is 0.145. The van der Waals surface area contributed by atoms with Gasteiger partial charge in [0.25, 0.3) is 0 Å². The fraction of sp³-hybridized carbons (Fsp3) is 0.158. The third-order valence-electron chi connectivity index (χ3n) is 3.79. The maximum Gasteiger partial charge on any atom is 0.227 e. The summed E-state index contributed by atoms with van der Waals surface area (Å²) in [5.41, 5.74) is 3.05. The molecule has 0 aliphatic heterocycles. The molecule has 0 aliphatic rings. The third kappa shape index (κ3) is 2.70. The standard InChI is InChI=1S/C19H18NO/c1-2-17-13-12-15-8-6-7-11-18(15)20(17)14-19(21)16-9-4-3-5-10-16/h3-13H,2,14H2,1H3/q+1. The molecule has 1 heterocycles. The van der Waals surface area contributed by atoms with Crippen LogP contribution in [0.15, 0.2) is 66.7 Å². The fourth-order valence-electron chi connectivity index (χ4n) is 2.66. The van der Waals surface area contributed by atoms with Crippen molar-refractivity contribution in [2.75, 3.05) is 0 Å². The molecule has 0 radical (unpaired) electrons. The molecule has 0 spiro atoms. The number of ketones is 1. The van der Waals surface area contributed by atoms with Crippen LogP contribution in [-0.4, -0.2) is 5.78 Å². The van der Waals surface area contributed by atoms with Crippen LogP contribution in [0.2, 0.25) is 0 Å². The summed E-state index contributed by atoms with van der Waals surface area (Å²) in [6, 6.07) is 21.9. The number of para-hydroxylation sites is 1. The van der Waals surface area contributed by atoms with E-state index in [1.807, 2.05) is 42.5 Å². The van der Waals surface area contributed by atoms with E-state index < -0.39 is 0 Å². The number of pyridine rings is 1. The summed E-state index contributed by atoms with van der Waals surface area (Å²) >= 11 is 0. The normalized spacial score (nSPS) is 10.7. The molecule has 0 saturated carbocycles. The minimum atomic E-state index is 0.145. The quantitative estimate of drug-likeness (QED) is 0.527. The SMILES string of the molecule is CCc1ccc2ccccc2[n+]1CC(=O)c1ccccc1. The Morgan fingerprint density at radius 3 is 2.38 bits per heavy atom. The number of hydrogen-bond acceptors (Lipinski definition) is 1. The molecule has 0 N–H and O–H groups in total. The first kappa shape index (κ1) is 13.5. The predicted octanol–water partition coefficient (Wildman–Crippen LogP) is 3.57. The van der Waals surface area contributed by atoms with Gasteiger partial charge in [0.15, 0.2) is 5.69 Å². The van der Waals surface area contributed by atoms with E-state index in [-0.39, 0.29) is 5.78 Å². The Bertz CT molecular complexity index is 778. The first-order chi connectivity index (χ1) is 10.3. The molecule has 1 aromatic heterocycles. The van der Waals surface area contributed by atoms with Gasteiger partial charge in [-0.1, -0.05) is 49.4 Å². The van der Waals surface area contributed by atoms with Crippen LogP contribution in [0.3, 0.4) is 0 Å². The number of benzene rings is 2. The number of hydrogen-bond donors (Lipinski definition) is 0. The first-order valence-electron chi connectivity index (χ1n) is 7.28. The highest BCUT2D eigenvalue weighted by Crippen LogP contribution is 2.11. The van der Waals surface area contributed by atoms with E-state index in [1.54, 1.807) is 0 Å². The topological polar surface area (TPSA) is 20.9 Å². The van der Waals surface area contributed by atoms with Gasteiger partial charge in [0, 0.05) is 29.5 Å². The molecule has 0 amide bonds. The number of rotatable bonds is 4. The summed E-state index contributed by atoms with van der Waals surface area (Å²) in [5, 5.41) is 1.16. The summed E-state index contributed by atoms with van der Waals surface area (Å²) in [5.74, 6) is 0.145. The van der Waals surface area contributed by atoms with Crippen LogP contribution in [0.4, 0.5) is 0 Å². The van der Waals surface area contributed by atoms with Gasteiger partial charge in [0.05, 0.1) is 0 Å². The Balaban J connectivity index is 2.05. The molecule has 0 saturated heterocycles. The molecule has 2 heteroatoms. The summed E-state index contributed by atoms with van der Waals surface area (Å²) < 4.78 is 2.13. The molecule has 0 aliphatic carbocycles. The van der Waals surface area contributed by atoms with Crippen LogP contribution in [-0.2, 0) is 13.0 Å². The predicted molar refractivity (Wildman–Crippen MR) is 84.3 cm³/mol. The van der Waals surface area contributed by atoms with Crippen molar-refractivity contribution in [1.29, 1.82) is 0 Å². The van der Waals surface area contributed by atoms with Gasteiger partial charge < -0.3 is 0 Å². The highest BCUT2D eigenvalue weighted by Gasteiger charge is 2.18. The number of carbonyl (C=O) groups excluding carboxylic acids is 1. The number of carbonyl (C=O) groups is 1. The molecule has 0 fully saturated rings. The van der Waals surface area contributed by atoms with Crippen LogP contribution in [0.1, 0.15) is 23.0 Å². The summed E-state index contributed by atoms with van der Waals surface area (Å²) in [6.07, 6.45) is 0.910. The van der Waals surface area contributed by atoms with Crippen LogP contribution in [0.5, 0.6) is 0 Å². The number of fused-ring (bicyclic) bond motifs is 1. The van der Waals surface area contributed by atoms with Crippen molar-refractivity contribution in [3.63, 3.8) is 0 Å². The van der Waals surface area contributed by atoms with Crippen molar-refractivity contribution in [2.24, 2.45) is 0 Å². The lowest BCUT2D eigenvalue weighted by Gasteiger charge is -2.06.